The van der Waals surface area contributed by atoms with E-state index >= 15 is 0 Å². The molecule has 3 aromatic rings. The van der Waals surface area contributed by atoms with Gasteiger partial charge in [-0.05, 0) is 62.6 Å². The molecule has 0 bridgehead atoms. The highest BCUT2D eigenvalue weighted by atomic mass is 35.5. The Labute approximate surface area is 175 Å². The Morgan fingerprint density at radius 2 is 1.79 bits per heavy atom. The molecule has 0 atom stereocenters. The Bertz CT molecular complexity index is 1050. The molecule has 0 saturated carbocycles. The molecule has 2 heterocycles. The van der Waals surface area contributed by atoms with Gasteiger partial charge in [0.15, 0.2) is 5.43 Å². The zero-order valence-corrected chi connectivity index (χ0v) is 17.4. The van der Waals surface area contributed by atoms with Gasteiger partial charge in [-0.1, -0.05) is 35.9 Å². The zero-order chi connectivity index (χ0) is 20.4. The first kappa shape index (κ1) is 20.1. The molecule has 1 aromatic heterocycles. The minimum Gasteiger partial charge on any atom is -0.461 e. The van der Waals surface area contributed by atoms with Gasteiger partial charge in [0.1, 0.15) is 11.3 Å². The average Bonchev–Trinajstić information content (AvgIpc) is 2.73. The maximum atomic E-state index is 12.5. The molecule has 1 fully saturated rings. The first-order valence-corrected chi connectivity index (χ1v) is 10.6. The Morgan fingerprint density at radius 1 is 1.10 bits per heavy atom. The number of hydrogen-bond donors (Lipinski definition) is 1. The van der Waals surface area contributed by atoms with E-state index in [4.69, 9.17) is 16.0 Å². The molecule has 4 nitrogen and oxygen atoms in total. The highest BCUT2D eigenvalue weighted by Crippen LogP contribution is 2.33. The molecule has 5 heteroatoms. The molecule has 0 spiro atoms. The molecule has 4 rings (SSSR count). The number of halogens is 1. The third-order valence-corrected chi connectivity index (χ3v) is 6.32. The third kappa shape index (κ3) is 4.25. The first-order valence-electron chi connectivity index (χ1n) is 10.2. The summed E-state index contributed by atoms with van der Waals surface area (Å²) in [6.07, 6.45) is 3.07. The minimum absolute atomic E-state index is 0.0628. The monoisotopic (exact) mass is 411 g/mol. The number of benzene rings is 2. The second-order valence-electron chi connectivity index (χ2n) is 7.96. The summed E-state index contributed by atoms with van der Waals surface area (Å²) >= 11 is 5.96. The summed E-state index contributed by atoms with van der Waals surface area (Å²) in [6.45, 7) is 4.47. The maximum absolute atomic E-state index is 12.5. The molecule has 0 amide bonds. The molecule has 1 aliphatic heterocycles. The number of piperidine rings is 1. The van der Waals surface area contributed by atoms with Gasteiger partial charge in [-0.25, -0.2) is 0 Å². The number of fused-ring (bicyclic) bond motifs is 1. The molecule has 29 heavy (non-hydrogen) atoms. The number of hydrogen-bond acceptors (Lipinski definition) is 4. The van der Waals surface area contributed by atoms with Crippen LogP contribution < -0.4 is 5.43 Å². The van der Waals surface area contributed by atoms with E-state index < -0.39 is 5.60 Å². The number of aliphatic hydroxyl groups is 1. The van der Waals surface area contributed by atoms with Crippen LogP contribution in [0.2, 0.25) is 5.02 Å². The van der Waals surface area contributed by atoms with E-state index in [1.165, 1.54) is 0 Å². The van der Waals surface area contributed by atoms with Crippen molar-refractivity contribution in [3.8, 4) is 0 Å². The molecule has 0 radical (unpaired) electrons. The standard InChI is InChI=1S/C24H26ClNO3/c1-17-21(29-22-6-3-2-5-20(22)23(17)27)7-4-14-26-15-12-24(28,13-16-26)18-8-10-19(25)11-9-18/h2-3,5-6,8-11,28H,4,7,12-16H2,1H3. The Morgan fingerprint density at radius 3 is 2.52 bits per heavy atom. The summed E-state index contributed by atoms with van der Waals surface area (Å²) in [6, 6.07) is 14.9. The third-order valence-electron chi connectivity index (χ3n) is 6.07. The number of aryl methyl sites for hydroxylation is 1. The summed E-state index contributed by atoms with van der Waals surface area (Å²) in [4.78, 5) is 14.9. The maximum Gasteiger partial charge on any atom is 0.195 e. The van der Waals surface area contributed by atoms with Crippen molar-refractivity contribution in [1.29, 1.82) is 0 Å². The Balaban J connectivity index is 1.34. The number of rotatable bonds is 5. The number of para-hydroxylation sites is 1. The summed E-state index contributed by atoms with van der Waals surface area (Å²) < 4.78 is 5.99. The second kappa shape index (κ2) is 8.31. The van der Waals surface area contributed by atoms with Gasteiger partial charge in [0.2, 0.25) is 0 Å². The van der Waals surface area contributed by atoms with Gasteiger partial charge in [0.25, 0.3) is 0 Å². The number of likely N-dealkylation sites (tertiary alicyclic amines) is 1. The van der Waals surface area contributed by atoms with Gasteiger partial charge in [0, 0.05) is 30.1 Å². The van der Waals surface area contributed by atoms with Crippen molar-refractivity contribution < 1.29 is 9.52 Å². The van der Waals surface area contributed by atoms with Gasteiger partial charge < -0.3 is 14.4 Å². The zero-order valence-electron chi connectivity index (χ0n) is 16.7. The van der Waals surface area contributed by atoms with Gasteiger partial charge in [-0.3, -0.25) is 4.79 Å². The van der Waals surface area contributed by atoms with E-state index in [0.29, 0.717) is 34.4 Å². The predicted octanol–water partition coefficient (Wildman–Crippen LogP) is 4.67. The fourth-order valence-corrected chi connectivity index (χ4v) is 4.30. The lowest BCUT2D eigenvalue weighted by Gasteiger charge is -2.38. The highest BCUT2D eigenvalue weighted by Gasteiger charge is 2.33. The molecule has 0 aliphatic carbocycles. The van der Waals surface area contributed by atoms with Crippen LogP contribution in [0.1, 0.15) is 36.1 Å². The number of nitrogens with zero attached hydrogens (tertiary/aromatic N) is 1. The van der Waals surface area contributed by atoms with Crippen molar-refractivity contribution in [1.82, 2.24) is 4.90 Å². The molecule has 0 unspecified atom stereocenters. The van der Waals surface area contributed by atoms with Crippen molar-refractivity contribution in [2.45, 2.75) is 38.2 Å². The highest BCUT2D eigenvalue weighted by molar-refractivity contribution is 6.30. The van der Waals surface area contributed by atoms with Crippen LogP contribution in [0.3, 0.4) is 0 Å². The fraction of sp³-hybridized carbons (Fsp3) is 0.375. The first-order chi connectivity index (χ1) is 14.0. The van der Waals surface area contributed by atoms with E-state index in [1.807, 2.05) is 55.5 Å². The van der Waals surface area contributed by atoms with Crippen molar-refractivity contribution in [2.24, 2.45) is 0 Å². The summed E-state index contributed by atoms with van der Waals surface area (Å²) in [7, 11) is 0. The van der Waals surface area contributed by atoms with Gasteiger partial charge in [-0.2, -0.15) is 0 Å². The van der Waals surface area contributed by atoms with Crippen molar-refractivity contribution in [3.05, 3.63) is 80.7 Å². The normalized spacial score (nSPS) is 16.9. The fourth-order valence-electron chi connectivity index (χ4n) is 4.18. The topological polar surface area (TPSA) is 53.7 Å². The summed E-state index contributed by atoms with van der Waals surface area (Å²) in [5, 5.41) is 12.3. The predicted molar refractivity (Wildman–Crippen MR) is 117 cm³/mol. The molecule has 1 saturated heterocycles. The molecule has 1 aliphatic rings. The largest absolute Gasteiger partial charge is 0.461 e. The van der Waals surface area contributed by atoms with Gasteiger partial charge >= 0.3 is 0 Å². The molecule has 1 N–H and O–H groups in total. The van der Waals surface area contributed by atoms with Gasteiger partial charge in [0.05, 0.1) is 11.0 Å². The van der Waals surface area contributed by atoms with Crippen molar-refractivity contribution in [3.63, 3.8) is 0 Å². The van der Waals surface area contributed by atoms with Crippen LogP contribution in [-0.2, 0) is 12.0 Å². The lowest BCUT2D eigenvalue weighted by atomic mass is 9.84. The van der Waals surface area contributed by atoms with Gasteiger partial charge in [-0.15, -0.1) is 0 Å². The molecule has 2 aromatic carbocycles. The molecular formula is C24H26ClNO3. The van der Waals surface area contributed by atoms with Crippen molar-refractivity contribution in [2.75, 3.05) is 19.6 Å². The van der Waals surface area contributed by atoms with Crippen LogP contribution in [0.25, 0.3) is 11.0 Å². The van der Waals surface area contributed by atoms with Crippen LogP contribution >= 0.6 is 11.6 Å². The van der Waals surface area contributed by atoms with Crippen LogP contribution in [0.4, 0.5) is 0 Å². The molecule has 152 valence electrons. The lowest BCUT2D eigenvalue weighted by Crippen LogP contribution is -2.42. The quantitative estimate of drug-likeness (QED) is 0.662. The SMILES string of the molecule is Cc1c(CCCN2CCC(O)(c3ccc(Cl)cc3)CC2)oc2ccccc2c1=O. The van der Waals surface area contributed by atoms with E-state index in [1.54, 1.807) is 0 Å². The molecular weight excluding hydrogens is 386 g/mol. The Kier molecular flexibility index (Phi) is 5.77. The summed E-state index contributed by atoms with van der Waals surface area (Å²) in [5.41, 5.74) is 1.59. The van der Waals surface area contributed by atoms with Crippen LogP contribution in [0.5, 0.6) is 0 Å². The second-order valence-corrected chi connectivity index (χ2v) is 8.40. The summed E-state index contributed by atoms with van der Waals surface area (Å²) in [5.74, 6) is 0.781. The van der Waals surface area contributed by atoms with E-state index in [9.17, 15) is 9.90 Å². The van der Waals surface area contributed by atoms with E-state index in [2.05, 4.69) is 4.90 Å². The van der Waals surface area contributed by atoms with E-state index in [0.717, 1.165) is 43.8 Å². The minimum atomic E-state index is -0.775. The van der Waals surface area contributed by atoms with E-state index in [-0.39, 0.29) is 5.43 Å². The van der Waals surface area contributed by atoms with Crippen molar-refractivity contribution >= 4 is 22.6 Å². The van der Waals surface area contributed by atoms with Crippen LogP contribution in [0, 0.1) is 6.92 Å². The average molecular weight is 412 g/mol. The smallest absolute Gasteiger partial charge is 0.195 e. The van der Waals surface area contributed by atoms with Crippen LogP contribution in [0.15, 0.2) is 57.7 Å². The lowest BCUT2D eigenvalue weighted by molar-refractivity contribution is -0.0260. The Hall–Kier alpha value is -2.14. The van der Waals surface area contributed by atoms with Crippen LogP contribution in [-0.4, -0.2) is 29.6 Å².